The maximum Gasteiger partial charge on any atom is 0.120 e. The van der Waals surface area contributed by atoms with Crippen LogP contribution in [0.3, 0.4) is 0 Å². The summed E-state index contributed by atoms with van der Waals surface area (Å²) >= 11 is 0. The van der Waals surface area contributed by atoms with Crippen LogP contribution in [0.1, 0.15) is 41.5 Å². The quantitative estimate of drug-likeness (QED) is 0.762. The van der Waals surface area contributed by atoms with Crippen molar-refractivity contribution in [2.45, 2.75) is 39.2 Å². The molecule has 1 fully saturated rings. The Morgan fingerprint density at radius 1 is 1.16 bits per heavy atom. The van der Waals surface area contributed by atoms with Crippen LogP contribution in [0.15, 0.2) is 36.7 Å². The molecule has 4 rings (SSSR count). The topological polar surface area (TPSA) is 60.6 Å². The molecule has 25 heavy (non-hydrogen) atoms. The van der Waals surface area contributed by atoms with E-state index in [9.17, 15) is 0 Å². The minimum absolute atomic E-state index is 0.549. The van der Waals surface area contributed by atoms with Crippen molar-refractivity contribution in [2.24, 2.45) is 0 Å². The second kappa shape index (κ2) is 6.84. The smallest absolute Gasteiger partial charge is 0.120 e. The summed E-state index contributed by atoms with van der Waals surface area (Å²) in [5.74, 6) is 1.62. The first kappa shape index (κ1) is 16.1. The number of hydrogen-bond donors (Lipinski definition) is 2. The maximum absolute atomic E-state index is 4.43. The molecule has 2 aromatic heterocycles. The Bertz CT molecular complexity index is 839. The van der Waals surface area contributed by atoms with E-state index in [2.05, 4.69) is 56.3 Å². The second-order valence-corrected chi connectivity index (χ2v) is 7.13. The molecule has 0 bridgehead atoms. The molecule has 0 saturated carbocycles. The summed E-state index contributed by atoms with van der Waals surface area (Å²) in [5.41, 5.74) is 6.22. The summed E-state index contributed by atoms with van der Waals surface area (Å²) in [4.78, 5) is 10.2. The number of benzene rings is 1. The minimum Gasteiger partial charge on any atom is -0.345 e. The number of hydrogen-bond acceptors (Lipinski definition) is 3. The zero-order valence-electron chi connectivity index (χ0n) is 14.9. The third-order valence-electron chi connectivity index (χ3n) is 5.12. The largest absolute Gasteiger partial charge is 0.345 e. The lowest BCUT2D eigenvalue weighted by Gasteiger charge is -2.31. The van der Waals surface area contributed by atoms with Gasteiger partial charge >= 0.3 is 0 Å². The molecular weight excluding hydrogens is 310 g/mol. The van der Waals surface area contributed by atoms with Crippen molar-refractivity contribution < 1.29 is 0 Å². The summed E-state index contributed by atoms with van der Waals surface area (Å²) in [6.45, 7) is 7.29. The molecule has 3 heterocycles. The molecule has 5 heteroatoms. The van der Waals surface area contributed by atoms with E-state index in [4.69, 9.17) is 0 Å². The molecule has 1 aliphatic heterocycles. The zero-order valence-corrected chi connectivity index (χ0v) is 14.9. The number of aryl methyl sites for hydroxylation is 2. The summed E-state index contributed by atoms with van der Waals surface area (Å²) in [5, 5.41) is 7.61. The van der Waals surface area contributed by atoms with E-state index >= 15 is 0 Å². The Morgan fingerprint density at radius 2 is 2.00 bits per heavy atom. The number of aromatic amines is 2. The highest BCUT2D eigenvalue weighted by Crippen LogP contribution is 2.34. The molecule has 1 aromatic carbocycles. The van der Waals surface area contributed by atoms with E-state index in [-0.39, 0.29) is 0 Å². The first-order valence-corrected chi connectivity index (χ1v) is 9.02. The number of likely N-dealkylation sites (tertiary alicyclic amines) is 1. The molecule has 0 spiro atoms. The highest BCUT2D eigenvalue weighted by molar-refractivity contribution is 5.66. The average molecular weight is 335 g/mol. The Kier molecular flexibility index (Phi) is 4.40. The Morgan fingerprint density at radius 3 is 2.72 bits per heavy atom. The summed E-state index contributed by atoms with van der Waals surface area (Å²) in [6, 6.07) is 8.67. The van der Waals surface area contributed by atoms with Crippen LogP contribution in [0, 0.1) is 13.8 Å². The van der Waals surface area contributed by atoms with Gasteiger partial charge in [-0.1, -0.05) is 29.8 Å². The molecule has 2 N–H and O–H groups in total. The van der Waals surface area contributed by atoms with Crippen molar-refractivity contribution in [3.63, 3.8) is 0 Å². The number of imidazole rings is 1. The highest BCUT2D eigenvalue weighted by Gasteiger charge is 2.24. The number of H-pyrrole nitrogens is 2. The molecule has 1 aliphatic rings. The number of rotatable bonds is 4. The van der Waals surface area contributed by atoms with Gasteiger partial charge in [-0.2, -0.15) is 5.10 Å². The van der Waals surface area contributed by atoms with Crippen LogP contribution in [0.4, 0.5) is 0 Å². The highest BCUT2D eigenvalue weighted by atomic mass is 15.2. The maximum atomic E-state index is 4.43. The van der Waals surface area contributed by atoms with E-state index in [1.165, 1.54) is 22.4 Å². The van der Waals surface area contributed by atoms with E-state index in [0.29, 0.717) is 5.92 Å². The van der Waals surface area contributed by atoms with Crippen LogP contribution in [-0.2, 0) is 6.54 Å². The van der Waals surface area contributed by atoms with Crippen molar-refractivity contribution in [3.8, 4) is 11.1 Å². The van der Waals surface area contributed by atoms with Crippen LogP contribution < -0.4 is 0 Å². The van der Waals surface area contributed by atoms with Gasteiger partial charge in [0, 0.05) is 29.1 Å². The van der Waals surface area contributed by atoms with Crippen molar-refractivity contribution in [3.05, 3.63) is 59.4 Å². The normalized spacial score (nSPS) is 16.4. The molecule has 5 nitrogen and oxygen atoms in total. The standard InChI is InChI=1S/C20H25N5/c1-14-4-3-5-17(10-14)18-12-22-24-20(18)16-6-8-25(9-7-16)13-19-21-11-15(2)23-19/h3-5,10-12,16H,6-9,13H2,1-2H3,(H,21,23)(H,22,24). The summed E-state index contributed by atoms with van der Waals surface area (Å²) in [6.07, 6.45) is 6.18. The molecule has 3 aromatic rings. The second-order valence-electron chi connectivity index (χ2n) is 7.13. The molecule has 130 valence electrons. The fraction of sp³-hybridized carbons (Fsp3) is 0.400. The minimum atomic E-state index is 0.549. The van der Waals surface area contributed by atoms with Gasteiger partial charge in [0.25, 0.3) is 0 Å². The van der Waals surface area contributed by atoms with Crippen LogP contribution >= 0.6 is 0 Å². The molecule has 0 aliphatic carbocycles. The van der Waals surface area contributed by atoms with Crippen molar-refractivity contribution in [2.75, 3.05) is 13.1 Å². The SMILES string of the molecule is Cc1cccc(-c2cn[nH]c2C2CCN(Cc3ncc(C)[nH]3)CC2)c1. The van der Waals surface area contributed by atoms with Gasteiger partial charge in [0.2, 0.25) is 0 Å². The molecule has 0 unspecified atom stereocenters. The van der Waals surface area contributed by atoms with Crippen LogP contribution in [-0.4, -0.2) is 38.2 Å². The van der Waals surface area contributed by atoms with E-state index in [1.807, 2.05) is 19.3 Å². The molecule has 0 amide bonds. The zero-order chi connectivity index (χ0) is 17.2. The fourth-order valence-corrected chi connectivity index (χ4v) is 3.79. The number of aromatic nitrogens is 4. The van der Waals surface area contributed by atoms with Crippen molar-refractivity contribution in [1.29, 1.82) is 0 Å². The lowest BCUT2D eigenvalue weighted by molar-refractivity contribution is 0.199. The first-order valence-electron chi connectivity index (χ1n) is 9.02. The predicted octanol–water partition coefficient (Wildman–Crippen LogP) is 3.80. The van der Waals surface area contributed by atoms with Gasteiger partial charge in [-0.15, -0.1) is 0 Å². The van der Waals surface area contributed by atoms with E-state index in [0.717, 1.165) is 44.0 Å². The number of nitrogens with zero attached hydrogens (tertiary/aromatic N) is 3. The Hall–Kier alpha value is -2.40. The van der Waals surface area contributed by atoms with Gasteiger partial charge in [0.15, 0.2) is 0 Å². The third-order valence-corrected chi connectivity index (χ3v) is 5.12. The monoisotopic (exact) mass is 335 g/mol. The first-order chi connectivity index (χ1) is 12.2. The molecular formula is C20H25N5. The number of nitrogens with one attached hydrogen (secondary N) is 2. The molecule has 0 radical (unpaired) electrons. The van der Waals surface area contributed by atoms with Gasteiger partial charge in [-0.3, -0.25) is 10.00 Å². The summed E-state index contributed by atoms with van der Waals surface area (Å²) < 4.78 is 0. The van der Waals surface area contributed by atoms with E-state index in [1.54, 1.807) is 0 Å². The third kappa shape index (κ3) is 3.51. The number of piperidine rings is 1. The lowest BCUT2D eigenvalue weighted by Crippen LogP contribution is -2.33. The van der Waals surface area contributed by atoms with Crippen molar-refractivity contribution >= 4 is 0 Å². The van der Waals surface area contributed by atoms with E-state index < -0.39 is 0 Å². The Labute approximate surface area is 148 Å². The lowest BCUT2D eigenvalue weighted by atomic mass is 9.89. The van der Waals surface area contributed by atoms with Gasteiger partial charge in [0.05, 0.1) is 12.7 Å². The molecule has 1 saturated heterocycles. The van der Waals surface area contributed by atoms with Crippen LogP contribution in [0.5, 0.6) is 0 Å². The summed E-state index contributed by atoms with van der Waals surface area (Å²) in [7, 11) is 0. The van der Waals surface area contributed by atoms with Gasteiger partial charge in [-0.05, 0) is 45.3 Å². The fourth-order valence-electron chi connectivity index (χ4n) is 3.79. The average Bonchev–Trinajstić information content (AvgIpc) is 3.25. The predicted molar refractivity (Wildman–Crippen MR) is 99.3 cm³/mol. The van der Waals surface area contributed by atoms with Gasteiger partial charge in [-0.25, -0.2) is 4.98 Å². The van der Waals surface area contributed by atoms with Gasteiger partial charge in [0.1, 0.15) is 5.82 Å². The van der Waals surface area contributed by atoms with Crippen molar-refractivity contribution in [1.82, 2.24) is 25.1 Å². The molecule has 0 atom stereocenters. The Balaban J connectivity index is 1.44. The van der Waals surface area contributed by atoms with Crippen LogP contribution in [0.2, 0.25) is 0 Å². The van der Waals surface area contributed by atoms with Crippen LogP contribution in [0.25, 0.3) is 11.1 Å². The van der Waals surface area contributed by atoms with Gasteiger partial charge < -0.3 is 4.98 Å².